The van der Waals surface area contributed by atoms with Gasteiger partial charge in [0, 0.05) is 44.2 Å². The molecule has 2 aliphatic rings. The van der Waals surface area contributed by atoms with Crippen LogP contribution in [0, 0.1) is 5.92 Å². The molecule has 0 aromatic heterocycles. The Hall–Kier alpha value is -0.610. The molecular weight excluding hydrogens is 202 g/mol. The third kappa shape index (κ3) is 2.74. The molecular formula is C12H23N3O. The molecule has 16 heavy (non-hydrogen) atoms. The van der Waals surface area contributed by atoms with Gasteiger partial charge in [-0.1, -0.05) is 13.8 Å². The van der Waals surface area contributed by atoms with Crippen LogP contribution in [-0.4, -0.2) is 54.0 Å². The first kappa shape index (κ1) is 11.9. The smallest absolute Gasteiger partial charge is 0.225 e. The average Bonchev–Trinajstić information content (AvgIpc) is 2.96. The van der Waals surface area contributed by atoms with Crippen molar-refractivity contribution in [2.75, 3.05) is 32.7 Å². The Morgan fingerprint density at radius 3 is 2.25 bits per heavy atom. The van der Waals surface area contributed by atoms with E-state index in [1.165, 1.54) is 0 Å². The Kier molecular flexibility index (Phi) is 3.22. The van der Waals surface area contributed by atoms with Crippen LogP contribution in [-0.2, 0) is 4.79 Å². The van der Waals surface area contributed by atoms with Crippen molar-refractivity contribution in [2.24, 2.45) is 11.7 Å². The number of nitrogens with zero attached hydrogens (tertiary/aromatic N) is 2. The van der Waals surface area contributed by atoms with Crippen LogP contribution in [0.3, 0.4) is 0 Å². The quantitative estimate of drug-likeness (QED) is 0.750. The molecule has 0 radical (unpaired) electrons. The topological polar surface area (TPSA) is 49.6 Å². The zero-order chi connectivity index (χ0) is 11.8. The first-order valence-corrected chi connectivity index (χ1v) is 6.30. The normalized spacial score (nSPS) is 24.9. The van der Waals surface area contributed by atoms with E-state index in [4.69, 9.17) is 5.73 Å². The van der Waals surface area contributed by atoms with Crippen molar-refractivity contribution in [1.82, 2.24) is 9.80 Å². The molecule has 0 bridgehead atoms. The summed E-state index contributed by atoms with van der Waals surface area (Å²) in [7, 11) is 0. The van der Waals surface area contributed by atoms with Crippen molar-refractivity contribution in [1.29, 1.82) is 0 Å². The minimum absolute atomic E-state index is 0.101. The highest BCUT2D eigenvalue weighted by molar-refractivity contribution is 5.78. The maximum Gasteiger partial charge on any atom is 0.225 e. The highest BCUT2D eigenvalue weighted by Crippen LogP contribution is 2.33. The van der Waals surface area contributed by atoms with E-state index in [0.29, 0.717) is 0 Å². The van der Waals surface area contributed by atoms with E-state index in [2.05, 4.69) is 4.90 Å². The largest absolute Gasteiger partial charge is 0.340 e. The lowest BCUT2D eigenvalue weighted by Crippen LogP contribution is -2.52. The summed E-state index contributed by atoms with van der Waals surface area (Å²) in [6, 6.07) is 0. The molecule has 4 heteroatoms. The van der Waals surface area contributed by atoms with Gasteiger partial charge in [0.05, 0.1) is 0 Å². The number of carbonyl (C=O) groups excluding carboxylic acids is 1. The molecule has 1 amide bonds. The van der Waals surface area contributed by atoms with Crippen molar-refractivity contribution < 1.29 is 4.79 Å². The van der Waals surface area contributed by atoms with E-state index in [1.807, 2.05) is 18.7 Å². The van der Waals surface area contributed by atoms with Crippen LogP contribution in [0.15, 0.2) is 0 Å². The average molecular weight is 225 g/mol. The maximum absolute atomic E-state index is 11.8. The Labute approximate surface area is 97.8 Å². The van der Waals surface area contributed by atoms with E-state index in [0.717, 1.165) is 45.6 Å². The lowest BCUT2D eigenvalue weighted by Gasteiger charge is -2.36. The molecule has 0 aromatic carbocycles. The first-order chi connectivity index (χ1) is 7.50. The summed E-state index contributed by atoms with van der Waals surface area (Å²) in [5.41, 5.74) is 6.20. The van der Waals surface area contributed by atoms with E-state index in [9.17, 15) is 4.79 Å². The van der Waals surface area contributed by atoms with Gasteiger partial charge in [0.25, 0.3) is 0 Å². The van der Waals surface area contributed by atoms with Gasteiger partial charge in [-0.15, -0.1) is 0 Å². The summed E-state index contributed by atoms with van der Waals surface area (Å²) < 4.78 is 0. The van der Waals surface area contributed by atoms with Crippen LogP contribution in [0.1, 0.15) is 26.7 Å². The molecule has 0 atom stereocenters. The molecule has 2 rings (SSSR count). The van der Waals surface area contributed by atoms with Crippen LogP contribution in [0.4, 0.5) is 0 Å². The summed E-state index contributed by atoms with van der Waals surface area (Å²) >= 11 is 0. The number of amides is 1. The fraction of sp³-hybridized carbons (Fsp3) is 0.917. The molecule has 1 aliphatic heterocycles. The van der Waals surface area contributed by atoms with E-state index in [-0.39, 0.29) is 17.4 Å². The second kappa shape index (κ2) is 4.34. The van der Waals surface area contributed by atoms with Crippen molar-refractivity contribution in [3.05, 3.63) is 0 Å². The molecule has 1 saturated heterocycles. The van der Waals surface area contributed by atoms with Gasteiger partial charge in [0.15, 0.2) is 0 Å². The molecule has 0 aromatic rings. The van der Waals surface area contributed by atoms with E-state index < -0.39 is 0 Å². The lowest BCUT2D eigenvalue weighted by molar-refractivity contribution is -0.136. The predicted octanol–water partition coefficient (Wildman–Crippen LogP) is 0.278. The van der Waals surface area contributed by atoms with E-state index >= 15 is 0 Å². The van der Waals surface area contributed by atoms with Crippen LogP contribution < -0.4 is 5.73 Å². The first-order valence-electron chi connectivity index (χ1n) is 6.30. The Morgan fingerprint density at radius 1 is 1.25 bits per heavy atom. The Bertz CT molecular complexity index is 265. The standard InChI is InChI=1S/C12H23N3O/c1-10(2)11(16)15-7-5-14(6-8-15)9-12(13)3-4-12/h10H,3-9,13H2,1-2H3. The summed E-state index contributed by atoms with van der Waals surface area (Å²) in [6.07, 6.45) is 2.33. The van der Waals surface area contributed by atoms with Crippen molar-refractivity contribution in [3.8, 4) is 0 Å². The molecule has 1 heterocycles. The number of piperazine rings is 1. The summed E-state index contributed by atoms with van der Waals surface area (Å²) in [4.78, 5) is 16.2. The Balaban J connectivity index is 1.76. The molecule has 4 nitrogen and oxygen atoms in total. The molecule has 0 unspecified atom stereocenters. The minimum Gasteiger partial charge on any atom is -0.340 e. The predicted molar refractivity (Wildman–Crippen MR) is 64.0 cm³/mol. The fourth-order valence-corrected chi connectivity index (χ4v) is 2.26. The molecule has 1 aliphatic carbocycles. The second-order valence-corrected chi connectivity index (χ2v) is 5.62. The molecule has 0 spiro atoms. The number of carbonyl (C=O) groups is 1. The van der Waals surface area contributed by atoms with Gasteiger partial charge in [0.2, 0.25) is 5.91 Å². The molecule has 2 fully saturated rings. The minimum atomic E-state index is 0.101. The van der Waals surface area contributed by atoms with Crippen LogP contribution in [0.5, 0.6) is 0 Å². The van der Waals surface area contributed by atoms with Gasteiger partial charge in [-0.2, -0.15) is 0 Å². The van der Waals surface area contributed by atoms with Gasteiger partial charge < -0.3 is 10.6 Å². The number of hydrogen-bond acceptors (Lipinski definition) is 3. The SMILES string of the molecule is CC(C)C(=O)N1CCN(CC2(N)CC2)CC1. The van der Waals surface area contributed by atoms with Gasteiger partial charge >= 0.3 is 0 Å². The third-order valence-corrected chi connectivity index (χ3v) is 3.61. The van der Waals surface area contributed by atoms with Gasteiger partial charge in [-0.25, -0.2) is 0 Å². The Morgan fingerprint density at radius 2 is 1.81 bits per heavy atom. The summed E-state index contributed by atoms with van der Waals surface area (Å²) in [6.45, 7) is 8.65. The van der Waals surface area contributed by atoms with E-state index in [1.54, 1.807) is 0 Å². The number of hydrogen-bond donors (Lipinski definition) is 1. The molecule has 92 valence electrons. The van der Waals surface area contributed by atoms with Crippen molar-refractivity contribution in [3.63, 3.8) is 0 Å². The van der Waals surface area contributed by atoms with Crippen LogP contribution in [0.25, 0.3) is 0 Å². The highest BCUT2D eigenvalue weighted by atomic mass is 16.2. The zero-order valence-electron chi connectivity index (χ0n) is 10.4. The van der Waals surface area contributed by atoms with Crippen LogP contribution in [0.2, 0.25) is 0 Å². The van der Waals surface area contributed by atoms with Gasteiger partial charge in [0.1, 0.15) is 0 Å². The zero-order valence-corrected chi connectivity index (χ0v) is 10.4. The second-order valence-electron chi connectivity index (χ2n) is 5.62. The van der Waals surface area contributed by atoms with Crippen LogP contribution >= 0.6 is 0 Å². The van der Waals surface area contributed by atoms with Crippen molar-refractivity contribution in [2.45, 2.75) is 32.2 Å². The molecule has 2 N–H and O–H groups in total. The monoisotopic (exact) mass is 225 g/mol. The lowest BCUT2D eigenvalue weighted by atomic mass is 10.1. The van der Waals surface area contributed by atoms with Gasteiger partial charge in [-0.3, -0.25) is 9.69 Å². The number of rotatable bonds is 3. The molecule has 1 saturated carbocycles. The summed E-state index contributed by atoms with van der Waals surface area (Å²) in [5, 5.41) is 0. The highest BCUT2D eigenvalue weighted by Gasteiger charge is 2.40. The van der Waals surface area contributed by atoms with Crippen molar-refractivity contribution >= 4 is 5.91 Å². The fourth-order valence-electron chi connectivity index (χ4n) is 2.26. The number of nitrogens with two attached hydrogens (primary N) is 1. The maximum atomic E-state index is 11.8. The summed E-state index contributed by atoms with van der Waals surface area (Å²) in [5.74, 6) is 0.407. The van der Waals surface area contributed by atoms with Gasteiger partial charge in [-0.05, 0) is 12.8 Å². The third-order valence-electron chi connectivity index (χ3n) is 3.61.